The second-order valence-corrected chi connectivity index (χ2v) is 3.81. The van der Waals surface area contributed by atoms with E-state index in [4.69, 9.17) is 4.74 Å². The third-order valence-electron chi connectivity index (χ3n) is 2.66. The molecule has 1 N–H and O–H groups in total. The van der Waals surface area contributed by atoms with Crippen molar-refractivity contribution in [2.45, 2.75) is 33.2 Å². The van der Waals surface area contributed by atoms with Crippen molar-refractivity contribution < 1.29 is 4.74 Å². The summed E-state index contributed by atoms with van der Waals surface area (Å²) in [5.41, 5.74) is 1.44. The Bertz CT molecular complexity index is 171. The standard InChI is InChI=1S/C11H21NO/c1-4-12-10(3)9(2)7-11-5-6-13-8-11/h7,10-12H,4-6,8H2,1-3H3. The van der Waals surface area contributed by atoms with Crippen molar-refractivity contribution in [2.75, 3.05) is 19.8 Å². The smallest absolute Gasteiger partial charge is 0.0529 e. The molecule has 0 bridgehead atoms. The van der Waals surface area contributed by atoms with Gasteiger partial charge in [0.1, 0.15) is 0 Å². The van der Waals surface area contributed by atoms with E-state index in [1.54, 1.807) is 0 Å². The molecule has 0 aromatic heterocycles. The van der Waals surface area contributed by atoms with E-state index in [9.17, 15) is 0 Å². The van der Waals surface area contributed by atoms with Gasteiger partial charge < -0.3 is 10.1 Å². The molecule has 0 amide bonds. The average Bonchev–Trinajstić information content (AvgIpc) is 2.57. The maximum absolute atomic E-state index is 5.33. The maximum atomic E-state index is 5.33. The highest BCUT2D eigenvalue weighted by Gasteiger charge is 2.14. The number of hydrogen-bond acceptors (Lipinski definition) is 2. The van der Waals surface area contributed by atoms with Crippen LogP contribution in [0.2, 0.25) is 0 Å². The lowest BCUT2D eigenvalue weighted by Crippen LogP contribution is -2.26. The Balaban J connectivity index is 2.39. The summed E-state index contributed by atoms with van der Waals surface area (Å²) in [5.74, 6) is 0.654. The molecule has 1 fully saturated rings. The van der Waals surface area contributed by atoms with E-state index in [0.29, 0.717) is 12.0 Å². The van der Waals surface area contributed by atoms with Crippen LogP contribution in [0.25, 0.3) is 0 Å². The molecule has 0 aliphatic carbocycles. The molecule has 1 aliphatic heterocycles. The van der Waals surface area contributed by atoms with Crippen molar-refractivity contribution in [2.24, 2.45) is 5.92 Å². The van der Waals surface area contributed by atoms with Crippen molar-refractivity contribution in [3.63, 3.8) is 0 Å². The normalized spacial score (nSPS) is 26.4. The van der Waals surface area contributed by atoms with Crippen molar-refractivity contribution in [3.05, 3.63) is 11.6 Å². The number of hydrogen-bond donors (Lipinski definition) is 1. The average molecular weight is 183 g/mol. The Morgan fingerprint density at radius 1 is 1.69 bits per heavy atom. The van der Waals surface area contributed by atoms with Gasteiger partial charge in [0.2, 0.25) is 0 Å². The Hall–Kier alpha value is -0.340. The molecular weight excluding hydrogens is 162 g/mol. The largest absolute Gasteiger partial charge is 0.381 e. The first-order chi connectivity index (χ1) is 6.24. The Morgan fingerprint density at radius 2 is 2.46 bits per heavy atom. The van der Waals surface area contributed by atoms with Gasteiger partial charge in [0.15, 0.2) is 0 Å². The summed E-state index contributed by atoms with van der Waals surface area (Å²) in [6.45, 7) is 9.44. The van der Waals surface area contributed by atoms with Gasteiger partial charge in [0.25, 0.3) is 0 Å². The molecule has 1 rings (SSSR count). The zero-order valence-corrected chi connectivity index (χ0v) is 8.97. The summed E-state index contributed by atoms with van der Waals surface area (Å²) in [7, 11) is 0. The minimum atomic E-state index is 0.505. The molecule has 0 saturated carbocycles. The third kappa shape index (κ3) is 3.49. The van der Waals surface area contributed by atoms with Crippen LogP contribution in [-0.2, 0) is 4.74 Å². The summed E-state index contributed by atoms with van der Waals surface area (Å²) in [5, 5.41) is 3.41. The highest BCUT2D eigenvalue weighted by atomic mass is 16.5. The van der Waals surface area contributed by atoms with Gasteiger partial charge in [0, 0.05) is 18.6 Å². The molecular formula is C11H21NO. The first kappa shape index (κ1) is 10.7. The van der Waals surface area contributed by atoms with E-state index < -0.39 is 0 Å². The number of ether oxygens (including phenoxy) is 1. The van der Waals surface area contributed by atoms with Crippen LogP contribution in [0.15, 0.2) is 11.6 Å². The van der Waals surface area contributed by atoms with Crippen LogP contribution in [0.4, 0.5) is 0 Å². The van der Waals surface area contributed by atoms with Crippen LogP contribution in [0.1, 0.15) is 27.2 Å². The highest BCUT2D eigenvalue weighted by molar-refractivity contribution is 5.08. The topological polar surface area (TPSA) is 21.3 Å². The Labute approximate surface area is 81.4 Å². The summed E-state index contributed by atoms with van der Waals surface area (Å²) >= 11 is 0. The molecule has 2 nitrogen and oxygen atoms in total. The fourth-order valence-corrected chi connectivity index (χ4v) is 1.67. The van der Waals surface area contributed by atoms with Gasteiger partial charge in [-0.15, -0.1) is 0 Å². The lowest BCUT2D eigenvalue weighted by atomic mass is 10.0. The molecule has 2 heteroatoms. The van der Waals surface area contributed by atoms with E-state index in [1.807, 2.05) is 0 Å². The summed E-state index contributed by atoms with van der Waals surface area (Å²) in [6.07, 6.45) is 3.55. The van der Waals surface area contributed by atoms with E-state index in [2.05, 4.69) is 32.2 Å². The van der Waals surface area contributed by atoms with Crippen molar-refractivity contribution in [3.8, 4) is 0 Å². The van der Waals surface area contributed by atoms with E-state index in [0.717, 1.165) is 19.8 Å². The minimum Gasteiger partial charge on any atom is -0.381 e. The molecule has 0 spiro atoms. The fraction of sp³-hybridized carbons (Fsp3) is 0.818. The van der Waals surface area contributed by atoms with Gasteiger partial charge >= 0.3 is 0 Å². The van der Waals surface area contributed by atoms with Crippen molar-refractivity contribution >= 4 is 0 Å². The lowest BCUT2D eigenvalue weighted by Gasteiger charge is -2.14. The summed E-state index contributed by atoms with van der Waals surface area (Å²) in [6, 6.07) is 0.505. The molecule has 1 heterocycles. The first-order valence-electron chi connectivity index (χ1n) is 5.23. The summed E-state index contributed by atoms with van der Waals surface area (Å²) in [4.78, 5) is 0. The van der Waals surface area contributed by atoms with Crippen LogP contribution < -0.4 is 5.32 Å². The molecule has 13 heavy (non-hydrogen) atoms. The predicted molar refractivity (Wildman–Crippen MR) is 55.8 cm³/mol. The van der Waals surface area contributed by atoms with E-state index in [-0.39, 0.29) is 0 Å². The number of rotatable bonds is 4. The molecule has 1 aliphatic rings. The first-order valence-corrected chi connectivity index (χ1v) is 5.23. The molecule has 76 valence electrons. The second-order valence-electron chi connectivity index (χ2n) is 3.81. The third-order valence-corrected chi connectivity index (χ3v) is 2.66. The minimum absolute atomic E-state index is 0.505. The molecule has 0 radical (unpaired) electrons. The fourth-order valence-electron chi connectivity index (χ4n) is 1.67. The monoisotopic (exact) mass is 183 g/mol. The summed E-state index contributed by atoms with van der Waals surface area (Å²) < 4.78 is 5.33. The van der Waals surface area contributed by atoms with Crippen LogP contribution >= 0.6 is 0 Å². The van der Waals surface area contributed by atoms with Gasteiger partial charge in [-0.1, -0.05) is 18.6 Å². The van der Waals surface area contributed by atoms with Crippen molar-refractivity contribution in [1.29, 1.82) is 0 Å². The van der Waals surface area contributed by atoms with E-state index >= 15 is 0 Å². The quantitative estimate of drug-likeness (QED) is 0.673. The zero-order valence-electron chi connectivity index (χ0n) is 8.97. The Morgan fingerprint density at radius 3 is 3.00 bits per heavy atom. The molecule has 2 unspecified atom stereocenters. The molecule has 2 atom stereocenters. The van der Waals surface area contributed by atoms with Gasteiger partial charge in [-0.25, -0.2) is 0 Å². The molecule has 0 aromatic rings. The number of likely N-dealkylation sites (N-methyl/N-ethyl adjacent to an activating group) is 1. The molecule has 0 aromatic carbocycles. The second kappa shape index (κ2) is 5.40. The van der Waals surface area contributed by atoms with Crippen molar-refractivity contribution in [1.82, 2.24) is 5.32 Å². The zero-order chi connectivity index (χ0) is 9.68. The molecule has 1 saturated heterocycles. The SMILES string of the molecule is CCNC(C)C(C)=CC1CCOC1. The van der Waals surface area contributed by atoms with Gasteiger partial charge in [-0.2, -0.15) is 0 Å². The highest BCUT2D eigenvalue weighted by Crippen LogP contribution is 2.16. The van der Waals surface area contributed by atoms with Gasteiger partial charge in [-0.3, -0.25) is 0 Å². The van der Waals surface area contributed by atoms with Crippen LogP contribution in [0.3, 0.4) is 0 Å². The lowest BCUT2D eigenvalue weighted by molar-refractivity contribution is 0.191. The van der Waals surface area contributed by atoms with Crippen LogP contribution in [-0.4, -0.2) is 25.8 Å². The Kier molecular flexibility index (Phi) is 4.46. The maximum Gasteiger partial charge on any atom is 0.0529 e. The van der Waals surface area contributed by atoms with Crippen LogP contribution in [0, 0.1) is 5.92 Å². The van der Waals surface area contributed by atoms with Crippen LogP contribution in [0.5, 0.6) is 0 Å². The van der Waals surface area contributed by atoms with E-state index in [1.165, 1.54) is 12.0 Å². The number of nitrogens with one attached hydrogen (secondary N) is 1. The van der Waals surface area contributed by atoms with Gasteiger partial charge in [-0.05, 0) is 26.8 Å². The predicted octanol–water partition coefficient (Wildman–Crippen LogP) is 1.97. The van der Waals surface area contributed by atoms with Gasteiger partial charge in [0.05, 0.1) is 6.61 Å².